The van der Waals surface area contributed by atoms with Crippen LogP contribution in [0.2, 0.25) is 0 Å². The summed E-state index contributed by atoms with van der Waals surface area (Å²) in [6, 6.07) is 1.77. The second-order valence-electron chi connectivity index (χ2n) is 7.53. The fraction of sp³-hybridized carbons (Fsp3) is 0.550. The fourth-order valence-corrected chi connectivity index (χ4v) is 2.40. The topological polar surface area (TPSA) is 105 Å². The molecule has 0 aliphatic carbocycles. The van der Waals surface area contributed by atoms with Crippen molar-refractivity contribution in [3.8, 4) is 0 Å². The van der Waals surface area contributed by atoms with Gasteiger partial charge in [-0.25, -0.2) is 9.98 Å². The summed E-state index contributed by atoms with van der Waals surface area (Å²) in [5.41, 5.74) is 0.759. The molecule has 1 amide bonds. The Bertz CT molecular complexity index is 792. The summed E-state index contributed by atoms with van der Waals surface area (Å²) in [5.74, 6) is 2.29. The molecule has 0 aliphatic rings. The van der Waals surface area contributed by atoms with E-state index in [1.54, 1.807) is 12.3 Å². The Hall–Kier alpha value is -2.04. The number of nitrogens with zero attached hydrogens (tertiary/aromatic N) is 2. The molecular weight excluding hydrogens is 485 g/mol. The van der Waals surface area contributed by atoms with Crippen LogP contribution in [0.1, 0.15) is 61.9 Å². The van der Waals surface area contributed by atoms with Crippen molar-refractivity contribution in [2.45, 2.75) is 53.0 Å². The van der Waals surface area contributed by atoms with E-state index >= 15 is 0 Å². The van der Waals surface area contributed by atoms with Crippen molar-refractivity contribution >= 4 is 35.8 Å². The molecule has 162 valence electrons. The van der Waals surface area contributed by atoms with Gasteiger partial charge >= 0.3 is 0 Å². The molecular formula is C20H32IN5O3. The number of guanidine groups is 1. The van der Waals surface area contributed by atoms with Gasteiger partial charge in [-0.3, -0.25) is 4.79 Å². The fourth-order valence-electron chi connectivity index (χ4n) is 2.40. The van der Waals surface area contributed by atoms with Gasteiger partial charge in [0.05, 0.1) is 12.5 Å². The number of aromatic nitrogens is 1. The molecule has 0 aliphatic heterocycles. The molecule has 0 atom stereocenters. The van der Waals surface area contributed by atoms with Gasteiger partial charge < -0.3 is 24.8 Å². The van der Waals surface area contributed by atoms with Gasteiger partial charge in [0.1, 0.15) is 12.3 Å². The summed E-state index contributed by atoms with van der Waals surface area (Å²) in [6.07, 6.45) is 4.03. The highest BCUT2D eigenvalue weighted by Crippen LogP contribution is 2.22. The number of aryl methyl sites for hydroxylation is 1. The van der Waals surface area contributed by atoms with Crippen LogP contribution in [0.4, 0.5) is 0 Å². The molecule has 0 radical (unpaired) electrons. The first kappa shape index (κ1) is 25.0. The Morgan fingerprint density at radius 1 is 1.21 bits per heavy atom. The van der Waals surface area contributed by atoms with Crippen LogP contribution in [0.3, 0.4) is 0 Å². The highest BCUT2D eigenvalue weighted by Gasteiger charge is 2.19. The number of halogens is 1. The van der Waals surface area contributed by atoms with Crippen molar-refractivity contribution < 1.29 is 13.6 Å². The van der Waals surface area contributed by atoms with Crippen LogP contribution in [0.5, 0.6) is 0 Å². The number of rotatable bonds is 8. The summed E-state index contributed by atoms with van der Waals surface area (Å²) in [7, 11) is 0. The smallest absolute Gasteiger partial charge is 0.287 e. The minimum Gasteiger partial charge on any atom is -0.459 e. The number of furan rings is 1. The van der Waals surface area contributed by atoms with Gasteiger partial charge in [-0.15, -0.1) is 24.0 Å². The predicted molar refractivity (Wildman–Crippen MR) is 124 cm³/mol. The van der Waals surface area contributed by atoms with Crippen LogP contribution in [0.25, 0.3) is 0 Å². The number of hydrogen-bond donors (Lipinski definition) is 3. The molecule has 0 saturated heterocycles. The molecule has 3 N–H and O–H groups in total. The second kappa shape index (κ2) is 11.8. The Kier molecular flexibility index (Phi) is 10.2. The van der Waals surface area contributed by atoms with Crippen molar-refractivity contribution in [3.63, 3.8) is 0 Å². The number of aliphatic imine (C=N–C) groups is 1. The van der Waals surface area contributed by atoms with Crippen molar-refractivity contribution in [2.24, 2.45) is 4.99 Å². The molecule has 0 bridgehead atoms. The van der Waals surface area contributed by atoms with Crippen LogP contribution in [0.15, 0.2) is 32.4 Å². The molecule has 0 unspecified atom stereocenters. The molecule has 0 spiro atoms. The molecule has 2 aromatic rings. The van der Waals surface area contributed by atoms with Gasteiger partial charge in [-0.05, 0) is 26.3 Å². The van der Waals surface area contributed by atoms with Gasteiger partial charge in [0.25, 0.3) is 5.91 Å². The van der Waals surface area contributed by atoms with E-state index in [0.29, 0.717) is 37.2 Å². The Labute approximate surface area is 189 Å². The lowest BCUT2D eigenvalue weighted by Gasteiger charge is -2.13. The summed E-state index contributed by atoms with van der Waals surface area (Å²) >= 11 is 0. The highest BCUT2D eigenvalue weighted by atomic mass is 127. The number of nitrogens with one attached hydrogen (secondary N) is 3. The van der Waals surface area contributed by atoms with Crippen LogP contribution in [-0.2, 0) is 12.0 Å². The zero-order chi connectivity index (χ0) is 20.6. The van der Waals surface area contributed by atoms with Crippen LogP contribution in [0, 0.1) is 6.92 Å². The lowest BCUT2D eigenvalue weighted by molar-refractivity contribution is 0.0925. The van der Waals surface area contributed by atoms with Crippen LogP contribution < -0.4 is 16.0 Å². The molecule has 0 saturated carbocycles. The molecule has 9 heteroatoms. The van der Waals surface area contributed by atoms with E-state index in [9.17, 15) is 4.79 Å². The Balaban J connectivity index is 0.00000420. The summed E-state index contributed by atoms with van der Waals surface area (Å²) in [6.45, 7) is 12.4. The SMILES string of the molecule is CCNC(=NCc1ncc(C(C)(C)C)o1)NCCCNC(=O)c1occc1C.I. The van der Waals surface area contributed by atoms with E-state index in [0.717, 1.165) is 24.3 Å². The first-order valence-corrected chi connectivity index (χ1v) is 9.61. The molecule has 0 fully saturated rings. The monoisotopic (exact) mass is 517 g/mol. The van der Waals surface area contributed by atoms with Crippen molar-refractivity contribution in [1.29, 1.82) is 0 Å². The number of hydrogen-bond acceptors (Lipinski definition) is 5. The molecule has 2 heterocycles. The zero-order valence-electron chi connectivity index (χ0n) is 17.8. The van der Waals surface area contributed by atoms with Crippen molar-refractivity contribution in [2.75, 3.05) is 19.6 Å². The third kappa shape index (κ3) is 8.08. The maximum absolute atomic E-state index is 12.0. The van der Waals surface area contributed by atoms with Gasteiger partial charge in [-0.1, -0.05) is 20.8 Å². The Morgan fingerprint density at radius 2 is 1.93 bits per heavy atom. The van der Waals surface area contributed by atoms with Crippen molar-refractivity contribution in [3.05, 3.63) is 41.5 Å². The summed E-state index contributed by atoms with van der Waals surface area (Å²) in [4.78, 5) is 20.8. The minimum absolute atomic E-state index is 0. The average molecular weight is 517 g/mol. The predicted octanol–water partition coefficient (Wildman–Crippen LogP) is 3.37. The first-order valence-electron chi connectivity index (χ1n) is 9.61. The molecule has 2 rings (SSSR count). The molecule has 2 aromatic heterocycles. The van der Waals surface area contributed by atoms with Gasteiger partial charge in [0, 0.05) is 30.6 Å². The van der Waals surface area contributed by atoms with E-state index in [-0.39, 0.29) is 35.3 Å². The number of amides is 1. The normalized spacial score (nSPS) is 11.7. The quantitative estimate of drug-likeness (QED) is 0.215. The summed E-state index contributed by atoms with van der Waals surface area (Å²) < 4.78 is 10.9. The van der Waals surface area contributed by atoms with Crippen molar-refractivity contribution in [1.82, 2.24) is 20.9 Å². The molecule has 8 nitrogen and oxygen atoms in total. The lowest BCUT2D eigenvalue weighted by atomic mass is 9.94. The number of carbonyl (C=O) groups excluding carboxylic acids is 1. The maximum Gasteiger partial charge on any atom is 0.287 e. The van der Waals surface area contributed by atoms with E-state index in [2.05, 4.69) is 46.7 Å². The highest BCUT2D eigenvalue weighted by molar-refractivity contribution is 14.0. The van der Waals surface area contributed by atoms with E-state index < -0.39 is 0 Å². The minimum atomic E-state index is -0.193. The van der Waals surface area contributed by atoms with Crippen LogP contribution >= 0.6 is 24.0 Å². The van der Waals surface area contributed by atoms with Gasteiger partial charge in [0.15, 0.2) is 11.7 Å². The standard InChI is InChI=1S/C20H31N5O3.HI/c1-6-21-19(25-13-16-24-12-15(28-16)20(3,4)5)23-10-7-9-22-18(26)17-14(2)8-11-27-17;/h8,11-12H,6-7,9-10,13H2,1-5H3,(H,22,26)(H2,21,23,25);1H. The average Bonchev–Trinajstić information content (AvgIpc) is 3.27. The second-order valence-corrected chi connectivity index (χ2v) is 7.53. The summed E-state index contributed by atoms with van der Waals surface area (Å²) in [5, 5.41) is 9.28. The van der Waals surface area contributed by atoms with Gasteiger partial charge in [-0.2, -0.15) is 0 Å². The van der Waals surface area contributed by atoms with Gasteiger partial charge in [0.2, 0.25) is 5.89 Å². The van der Waals surface area contributed by atoms with E-state index in [4.69, 9.17) is 8.83 Å². The molecule has 0 aromatic carbocycles. The van der Waals surface area contributed by atoms with E-state index in [1.807, 2.05) is 13.8 Å². The first-order chi connectivity index (χ1) is 13.3. The molecule has 29 heavy (non-hydrogen) atoms. The van der Waals surface area contributed by atoms with E-state index in [1.165, 1.54) is 6.26 Å². The Morgan fingerprint density at radius 3 is 2.52 bits per heavy atom. The van der Waals surface area contributed by atoms with Crippen LogP contribution in [-0.4, -0.2) is 36.5 Å². The maximum atomic E-state index is 12.0. The lowest BCUT2D eigenvalue weighted by Crippen LogP contribution is -2.38. The largest absolute Gasteiger partial charge is 0.459 e. The number of oxazole rings is 1. The zero-order valence-corrected chi connectivity index (χ0v) is 20.1. The third-order valence-electron chi connectivity index (χ3n) is 4.01. The third-order valence-corrected chi connectivity index (χ3v) is 4.01. The number of carbonyl (C=O) groups is 1.